The molecule has 4 aliphatic rings. The van der Waals surface area contributed by atoms with E-state index in [4.69, 9.17) is 15.2 Å². The molecule has 0 saturated carbocycles. The van der Waals surface area contributed by atoms with Gasteiger partial charge >= 0.3 is 0 Å². The summed E-state index contributed by atoms with van der Waals surface area (Å²) < 4.78 is 11.6. The zero-order valence-corrected chi connectivity index (χ0v) is 19.2. The number of nitrogen functional groups attached to an aromatic ring is 1. The highest BCUT2D eigenvalue weighted by atomic mass is 16.6. The largest absolute Gasteiger partial charge is 0.399 e. The molecule has 1 aromatic rings. The van der Waals surface area contributed by atoms with Crippen LogP contribution < -0.4 is 5.73 Å². The van der Waals surface area contributed by atoms with Crippen molar-refractivity contribution >= 4 is 5.69 Å². The second-order valence-electron chi connectivity index (χ2n) is 9.98. The molecule has 0 spiro atoms. The lowest BCUT2D eigenvalue weighted by atomic mass is 9.86. The normalized spacial score (nSPS) is 30.5. The zero-order valence-electron chi connectivity index (χ0n) is 19.2. The number of hydrogen-bond acceptors (Lipinski definition) is 6. The number of nitrogens with two attached hydrogens (primary N) is 1. The third-order valence-corrected chi connectivity index (χ3v) is 7.97. The molecule has 2 N–H and O–H groups in total. The molecule has 5 rings (SSSR count). The van der Waals surface area contributed by atoms with Crippen LogP contribution in [0.3, 0.4) is 0 Å². The van der Waals surface area contributed by atoms with E-state index in [-0.39, 0.29) is 5.85 Å². The molecule has 3 heterocycles. The maximum absolute atomic E-state index is 6.08. The lowest BCUT2D eigenvalue weighted by molar-refractivity contribution is -0.108. The van der Waals surface area contributed by atoms with Crippen molar-refractivity contribution in [2.75, 3.05) is 64.8 Å². The molecule has 2 atom stereocenters. The minimum absolute atomic E-state index is 0.106. The number of benzene rings is 1. The predicted molar refractivity (Wildman–Crippen MR) is 124 cm³/mol. The molecule has 0 aromatic heterocycles. The zero-order chi connectivity index (χ0) is 21.3. The van der Waals surface area contributed by atoms with Crippen molar-refractivity contribution in [2.45, 2.75) is 57.3 Å². The molecular weight excluding hydrogens is 388 g/mol. The summed E-state index contributed by atoms with van der Waals surface area (Å²) in [6, 6.07) is 7.18. The second-order valence-corrected chi connectivity index (χ2v) is 9.98. The molecule has 172 valence electrons. The molecule has 0 radical (unpaired) electrons. The van der Waals surface area contributed by atoms with Crippen LogP contribution in [0.4, 0.5) is 5.69 Å². The van der Waals surface area contributed by atoms with Crippen LogP contribution in [0, 0.1) is 5.92 Å². The van der Waals surface area contributed by atoms with Crippen LogP contribution in [-0.2, 0) is 22.3 Å². The number of epoxide rings is 1. The van der Waals surface area contributed by atoms with Crippen molar-refractivity contribution in [3.05, 3.63) is 29.3 Å². The smallest absolute Gasteiger partial charge is 0.204 e. The van der Waals surface area contributed by atoms with E-state index >= 15 is 0 Å². The van der Waals surface area contributed by atoms with E-state index in [0.29, 0.717) is 6.04 Å². The Morgan fingerprint density at radius 2 is 1.81 bits per heavy atom. The average Bonchev–Trinajstić information content (AvgIpc) is 3.61. The first-order chi connectivity index (χ1) is 15.2. The second kappa shape index (κ2) is 9.36. The molecular formula is C25H40N4O2. The van der Waals surface area contributed by atoms with Crippen LogP contribution >= 0.6 is 0 Å². The number of aryl methyl sites for hydroxylation is 1. The summed E-state index contributed by atoms with van der Waals surface area (Å²) in [4.78, 5) is 7.92. The topological polar surface area (TPSA) is 57.5 Å². The molecule has 0 amide bonds. The Morgan fingerprint density at radius 1 is 1.06 bits per heavy atom. The molecule has 1 aliphatic carbocycles. The Hall–Kier alpha value is -1.18. The maximum Gasteiger partial charge on any atom is 0.204 e. The predicted octanol–water partition coefficient (Wildman–Crippen LogP) is 2.57. The Bertz CT molecular complexity index is 739. The first-order valence-corrected chi connectivity index (χ1v) is 12.5. The first kappa shape index (κ1) is 21.7. The van der Waals surface area contributed by atoms with E-state index in [1.54, 1.807) is 0 Å². The van der Waals surface area contributed by atoms with E-state index in [0.717, 1.165) is 64.0 Å². The summed E-state index contributed by atoms with van der Waals surface area (Å²) >= 11 is 0. The summed E-state index contributed by atoms with van der Waals surface area (Å²) in [7, 11) is 0. The number of fused-ring (bicyclic) bond motifs is 1. The molecule has 3 saturated heterocycles. The monoisotopic (exact) mass is 428 g/mol. The standard InChI is InChI=1S/C25H40N4O2/c1-2-9-27(24-6-4-21-3-5-23(26)16-22(21)17-24)18-20-7-10-28(11-8-20)25(19-31-25)29-12-14-30-15-13-29/h3,5,16,20,24H,2,4,6-15,17-19,26H2,1H3. The average molecular weight is 429 g/mol. The molecule has 3 aliphatic heterocycles. The Labute approximate surface area is 187 Å². The fourth-order valence-electron chi connectivity index (χ4n) is 6.12. The van der Waals surface area contributed by atoms with E-state index in [2.05, 4.69) is 39.8 Å². The van der Waals surface area contributed by atoms with Gasteiger partial charge in [0.25, 0.3) is 0 Å². The van der Waals surface area contributed by atoms with Crippen molar-refractivity contribution in [2.24, 2.45) is 5.92 Å². The molecule has 31 heavy (non-hydrogen) atoms. The Balaban J connectivity index is 1.17. The lowest BCUT2D eigenvalue weighted by Gasteiger charge is -2.44. The third kappa shape index (κ3) is 4.64. The summed E-state index contributed by atoms with van der Waals surface area (Å²) in [6.07, 6.45) is 7.43. The van der Waals surface area contributed by atoms with Crippen LogP contribution in [-0.4, -0.2) is 85.7 Å². The fourth-order valence-corrected chi connectivity index (χ4v) is 6.12. The number of likely N-dealkylation sites (tertiary alicyclic amines) is 1. The molecule has 6 nitrogen and oxygen atoms in total. The van der Waals surface area contributed by atoms with E-state index in [1.807, 2.05) is 0 Å². The molecule has 6 heteroatoms. The van der Waals surface area contributed by atoms with Gasteiger partial charge in [-0.1, -0.05) is 13.0 Å². The highest BCUT2D eigenvalue weighted by molar-refractivity contribution is 5.46. The van der Waals surface area contributed by atoms with Gasteiger partial charge in [-0.05, 0) is 74.2 Å². The number of hydrogen-bond donors (Lipinski definition) is 1. The van der Waals surface area contributed by atoms with Crippen molar-refractivity contribution < 1.29 is 9.47 Å². The van der Waals surface area contributed by atoms with Crippen LogP contribution in [0.15, 0.2) is 18.2 Å². The van der Waals surface area contributed by atoms with Gasteiger partial charge in [-0.15, -0.1) is 0 Å². The van der Waals surface area contributed by atoms with Crippen LogP contribution in [0.1, 0.15) is 43.7 Å². The van der Waals surface area contributed by atoms with Gasteiger partial charge in [-0.25, -0.2) is 0 Å². The lowest BCUT2D eigenvalue weighted by Crippen LogP contribution is -2.58. The summed E-state index contributed by atoms with van der Waals surface area (Å²) in [5, 5.41) is 0. The van der Waals surface area contributed by atoms with Gasteiger partial charge in [0.1, 0.15) is 6.61 Å². The number of piperidine rings is 1. The number of ether oxygens (including phenoxy) is 2. The van der Waals surface area contributed by atoms with E-state index in [9.17, 15) is 0 Å². The maximum atomic E-state index is 6.08. The third-order valence-electron chi connectivity index (χ3n) is 7.97. The van der Waals surface area contributed by atoms with Gasteiger partial charge in [0.2, 0.25) is 5.85 Å². The van der Waals surface area contributed by atoms with E-state index in [1.165, 1.54) is 56.3 Å². The fraction of sp³-hybridized carbons (Fsp3) is 0.760. The quantitative estimate of drug-likeness (QED) is 0.532. The minimum Gasteiger partial charge on any atom is -0.399 e. The number of rotatable bonds is 7. The van der Waals surface area contributed by atoms with Crippen molar-refractivity contribution in [1.29, 1.82) is 0 Å². The van der Waals surface area contributed by atoms with Crippen LogP contribution in [0.2, 0.25) is 0 Å². The highest BCUT2D eigenvalue weighted by Crippen LogP contribution is 2.39. The van der Waals surface area contributed by atoms with Gasteiger partial charge < -0.3 is 15.2 Å². The minimum atomic E-state index is -0.106. The van der Waals surface area contributed by atoms with Gasteiger partial charge in [-0.2, -0.15) is 0 Å². The highest BCUT2D eigenvalue weighted by Gasteiger charge is 2.55. The van der Waals surface area contributed by atoms with Gasteiger partial charge in [-0.3, -0.25) is 14.7 Å². The van der Waals surface area contributed by atoms with Crippen molar-refractivity contribution in [3.8, 4) is 0 Å². The Morgan fingerprint density at radius 3 is 2.52 bits per heavy atom. The number of morpholine rings is 1. The molecule has 1 aromatic carbocycles. The molecule has 3 fully saturated rings. The summed E-state index contributed by atoms with van der Waals surface area (Å²) in [6.45, 7) is 11.6. The molecule has 0 bridgehead atoms. The molecule has 2 unspecified atom stereocenters. The Kier molecular flexibility index (Phi) is 6.54. The number of nitrogens with zero attached hydrogens (tertiary/aromatic N) is 3. The van der Waals surface area contributed by atoms with Crippen molar-refractivity contribution in [1.82, 2.24) is 14.7 Å². The van der Waals surface area contributed by atoms with Crippen LogP contribution in [0.25, 0.3) is 0 Å². The number of anilines is 1. The van der Waals surface area contributed by atoms with Gasteiger partial charge in [0, 0.05) is 44.5 Å². The van der Waals surface area contributed by atoms with Gasteiger partial charge in [0.15, 0.2) is 0 Å². The van der Waals surface area contributed by atoms with Crippen molar-refractivity contribution in [3.63, 3.8) is 0 Å². The SMILES string of the molecule is CCCN(CC1CCN(C2(N3CCOCC3)CO2)CC1)C1CCc2ccc(N)cc2C1. The van der Waals surface area contributed by atoms with E-state index < -0.39 is 0 Å². The van der Waals surface area contributed by atoms with Gasteiger partial charge in [0.05, 0.1) is 13.2 Å². The summed E-state index contributed by atoms with van der Waals surface area (Å²) in [5.74, 6) is 0.691. The summed E-state index contributed by atoms with van der Waals surface area (Å²) in [5.41, 5.74) is 9.97. The first-order valence-electron chi connectivity index (χ1n) is 12.5. The van der Waals surface area contributed by atoms with Crippen LogP contribution in [0.5, 0.6) is 0 Å².